The molecule has 0 aliphatic rings. The Labute approximate surface area is 163 Å². The van der Waals surface area contributed by atoms with Gasteiger partial charge < -0.3 is 16.1 Å². The fourth-order valence-corrected chi connectivity index (χ4v) is 3.05. The number of aryl methyl sites for hydroxylation is 1. The predicted molar refractivity (Wildman–Crippen MR) is 98.0 cm³/mol. The van der Waals surface area contributed by atoms with E-state index in [1.54, 1.807) is 12.1 Å². The second kappa shape index (κ2) is 8.95. The minimum absolute atomic E-state index is 0.208. The standard InChI is InChI=1S/C16H19F3N6O2S/c1-3-10-6-4-5-7-11(10)21-12(26)8-24(2)13(27)9-28-15-23-22-14(25(15)20)16(17,18)19/h4-7H,3,8-9,20H2,1-2H3,(H,21,26). The molecule has 3 N–H and O–H groups in total. The molecule has 0 unspecified atom stereocenters. The zero-order valence-corrected chi connectivity index (χ0v) is 16.0. The summed E-state index contributed by atoms with van der Waals surface area (Å²) in [5.41, 5.74) is 1.63. The molecule has 0 atom stereocenters. The van der Waals surface area contributed by atoms with Crippen LogP contribution in [0.4, 0.5) is 18.9 Å². The van der Waals surface area contributed by atoms with Crippen LogP contribution in [0, 0.1) is 0 Å². The normalized spacial score (nSPS) is 11.3. The quantitative estimate of drug-likeness (QED) is 0.526. The molecular weight excluding hydrogens is 397 g/mol. The van der Waals surface area contributed by atoms with Gasteiger partial charge in [-0.3, -0.25) is 9.59 Å². The van der Waals surface area contributed by atoms with Gasteiger partial charge in [-0.05, 0) is 18.1 Å². The Bertz CT molecular complexity index is 855. The number of alkyl halides is 3. The number of aromatic nitrogens is 3. The molecule has 12 heteroatoms. The number of nitrogens with two attached hydrogens (primary N) is 1. The van der Waals surface area contributed by atoms with E-state index in [4.69, 9.17) is 5.84 Å². The van der Waals surface area contributed by atoms with E-state index in [-0.39, 0.29) is 28.0 Å². The lowest BCUT2D eigenvalue weighted by Gasteiger charge is -2.17. The van der Waals surface area contributed by atoms with Crippen molar-refractivity contribution < 1.29 is 22.8 Å². The van der Waals surface area contributed by atoms with Gasteiger partial charge in [0.1, 0.15) is 0 Å². The van der Waals surface area contributed by atoms with Crippen LogP contribution < -0.4 is 11.2 Å². The van der Waals surface area contributed by atoms with Crippen molar-refractivity contribution in [1.29, 1.82) is 0 Å². The molecule has 28 heavy (non-hydrogen) atoms. The van der Waals surface area contributed by atoms with Gasteiger partial charge in [-0.1, -0.05) is 36.9 Å². The number of nitrogen functional groups attached to an aromatic ring is 1. The van der Waals surface area contributed by atoms with E-state index in [2.05, 4.69) is 15.5 Å². The van der Waals surface area contributed by atoms with Gasteiger partial charge in [0.2, 0.25) is 17.0 Å². The summed E-state index contributed by atoms with van der Waals surface area (Å²) >= 11 is 0.699. The maximum atomic E-state index is 12.6. The van der Waals surface area contributed by atoms with Crippen LogP contribution in [-0.2, 0) is 22.2 Å². The smallest absolute Gasteiger partial charge is 0.336 e. The van der Waals surface area contributed by atoms with Crippen LogP contribution in [0.3, 0.4) is 0 Å². The number of anilines is 1. The Morgan fingerprint density at radius 3 is 2.57 bits per heavy atom. The second-order valence-electron chi connectivity index (χ2n) is 5.77. The van der Waals surface area contributed by atoms with Crippen molar-refractivity contribution in [1.82, 2.24) is 19.8 Å². The Morgan fingerprint density at radius 1 is 1.29 bits per heavy atom. The highest BCUT2D eigenvalue weighted by molar-refractivity contribution is 7.99. The van der Waals surface area contributed by atoms with Crippen LogP contribution in [-0.4, -0.2) is 50.9 Å². The number of para-hydroxylation sites is 1. The van der Waals surface area contributed by atoms with Crippen LogP contribution >= 0.6 is 11.8 Å². The number of halogens is 3. The van der Waals surface area contributed by atoms with E-state index in [9.17, 15) is 22.8 Å². The Balaban J connectivity index is 1.89. The van der Waals surface area contributed by atoms with Gasteiger partial charge in [0.15, 0.2) is 0 Å². The minimum atomic E-state index is -4.74. The molecule has 1 aromatic heterocycles. The molecule has 0 saturated heterocycles. The number of carbonyl (C=O) groups is 2. The van der Waals surface area contributed by atoms with Crippen molar-refractivity contribution in [3.8, 4) is 0 Å². The fourth-order valence-electron chi connectivity index (χ4n) is 2.25. The minimum Gasteiger partial charge on any atom is -0.336 e. The molecule has 0 radical (unpaired) electrons. The molecule has 152 valence electrons. The van der Waals surface area contributed by atoms with Gasteiger partial charge >= 0.3 is 6.18 Å². The third-order valence-electron chi connectivity index (χ3n) is 3.72. The molecule has 0 fully saturated rings. The molecule has 2 aromatic rings. The highest BCUT2D eigenvalue weighted by atomic mass is 32.2. The highest BCUT2D eigenvalue weighted by Gasteiger charge is 2.38. The molecule has 8 nitrogen and oxygen atoms in total. The van der Waals surface area contributed by atoms with E-state index in [0.717, 1.165) is 12.0 Å². The lowest BCUT2D eigenvalue weighted by molar-refractivity contribution is -0.146. The summed E-state index contributed by atoms with van der Waals surface area (Å²) in [6.07, 6.45) is -4.00. The van der Waals surface area contributed by atoms with Crippen LogP contribution in [0.1, 0.15) is 18.3 Å². The Morgan fingerprint density at radius 2 is 1.96 bits per heavy atom. The van der Waals surface area contributed by atoms with Gasteiger partial charge in [-0.25, -0.2) is 4.68 Å². The van der Waals surface area contributed by atoms with Gasteiger partial charge in [-0.15, -0.1) is 10.2 Å². The van der Waals surface area contributed by atoms with E-state index < -0.39 is 17.9 Å². The summed E-state index contributed by atoms with van der Waals surface area (Å²) in [5.74, 6) is 2.85. The zero-order chi connectivity index (χ0) is 20.9. The first-order valence-corrected chi connectivity index (χ1v) is 9.14. The number of thioether (sulfide) groups is 1. The number of likely N-dealkylation sites (N-methyl/N-ethyl adjacent to an activating group) is 1. The maximum absolute atomic E-state index is 12.6. The summed E-state index contributed by atoms with van der Waals surface area (Å²) in [6.45, 7) is 1.75. The molecule has 2 amide bonds. The molecule has 2 rings (SSSR count). The zero-order valence-electron chi connectivity index (χ0n) is 15.2. The van der Waals surface area contributed by atoms with Gasteiger partial charge in [0.25, 0.3) is 5.82 Å². The summed E-state index contributed by atoms with van der Waals surface area (Å²) in [4.78, 5) is 25.5. The van der Waals surface area contributed by atoms with E-state index >= 15 is 0 Å². The number of hydrogen-bond acceptors (Lipinski definition) is 6. The summed E-state index contributed by atoms with van der Waals surface area (Å²) in [7, 11) is 1.42. The number of rotatable bonds is 7. The third-order valence-corrected chi connectivity index (χ3v) is 4.65. The number of hydrogen-bond donors (Lipinski definition) is 2. The first-order valence-electron chi connectivity index (χ1n) is 8.15. The topological polar surface area (TPSA) is 106 Å². The average molecular weight is 416 g/mol. The van der Waals surface area contributed by atoms with Crippen LogP contribution in [0.25, 0.3) is 0 Å². The SMILES string of the molecule is CCc1ccccc1NC(=O)CN(C)C(=O)CSc1nnc(C(F)(F)F)n1N. The van der Waals surface area contributed by atoms with Crippen molar-refractivity contribution in [3.05, 3.63) is 35.7 Å². The molecule has 0 bridgehead atoms. The van der Waals surface area contributed by atoms with E-state index in [1.807, 2.05) is 19.1 Å². The van der Waals surface area contributed by atoms with Crippen molar-refractivity contribution in [2.75, 3.05) is 30.5 Å². The molecule has 0 aliphatic heterocycles. The molecular formula is C16H19F3N6O2S. The lowest BCUT2D eigenvalue weighted by atomic mass is 10.1. The molecule has 1 heterocycles. The Hall–Kier alpha value is -2.76. The highest BCUT2D eigenvalue weighted by Crippen LogP contribution is 2.28. The number of amides is 2. The fraction of sp³-hybridized carbons (Fsp3) is 0.375. The first-order chi connectivity index (χ1) is 13.1. The summed E-state index contributed by atoms with van der Waals surface area (Å²) < 4.78 is 38.2. The third kappa shape index (κ3) is 5.38. The van der Waals surface area contributed by atoms with Crippen molar-refractivity contribution in [2.45, 2.75) is 24.7 Å². The summed E-state index contributed by atoms with van der Waals surface area (Å²) in [6, 6.07) is 7.31. The van der Waals surface area contributed by atoms with Crippen LogP contribution in [0.5, 0.6) is 0 Å². The number of carbonyl (C=O) groups excluding carboxylic acids is 2. The number of benzene rings is 1. The number of nitrogens with zero attached hydrogens (tertiary/aromatic N) is 4. The first kappa shape index (κ1) is 21.5. The Kier molecular flexibility index (Phi) is 6.89. The van der Waals surface area contributed by atoms with Crippen LogP contribution in [0.2, 0.25) is 0 Å². The van der Waals surface area contributed by atoms with E-state index in [0.29, 0.717) is 17.4 Å². The monoisotopic (exact) mass is 416 g/mol. The van der Waals surface area contributed by atoms with Gasteiger partial charge in [0.05, 0.1) is 12.3 Å². The van der Waals surface area contributed by atoms with E-state index in [1.165, 1.54) is 11.9 Å². The van der Waals surface area contributed by atoms with Gasteiger partial charge in [0, 0.05) is 12.7 Å². The molecule has 0 saturated carbocycles. The predicted octanol–water partition coefficient (Wildman–Crippen LogP) is 1.76. The average Bonchev–Trinajstić information content (AvgIpc) is 3.00. The van der Waals surface area contributed by atoms with Crippen molar-refractivity contribution >= 4 is 29.3 Å². The molecule has 0 aliphatic carbocycles. The largest absolute Gasteiger partial charge is 0.453 e. The van der Waals surface area contributed by atoms with Gasteiger partial charge in [-0.2, -0.15) is 13.2 Å². The maximum Gasteiger partial charge on any atom is 0.453 e. The second-order valence-corrected chi connectivity index (χ2v) is 6.71. The molecule has 1 aromatic carbocycles. The molecule has 0 spiro atoms. The van der Waals surface area contributed by atoms with Crippen LogP contribution in [0.15, 0.2) is 29.4 Å². The lowest BCUT2D eigenvalue weighted by Crippen LogP contribution is -2.36. The summed E-state index contributed by atoms with van der Waals surface area (Å²) in [5, 5.41) is 8.79. The number of nitrogens with one attached hydrogen (secondary N) is 1. The van der Waals surface area contributed by atoms with Crippen molar-refractivity contribution in [2.24, 2.45) is 0 Å². The van der Waals surface area contributed by atoms with Crippen molar-refractivity contribution in [3.63, 3.8) is 0 Å².